The molecule has 0 spiro atoms. The van der Waals surface area contributed by atoms with Gasteiger partial charge in [0.2, 0.25) is 0 Å². The summed E-state index contributed by atoms with van der Waals surface area (Å²) in [5, 5.41) is 3.30. The highest BCUT2D eigenvalue weighted by atomic mass is 35.5. The maximum Gasteiger partial charge on any atom is 0.325 e. The summed E-state index contributed by atoms with van der Waals surface area (Å²) >= 11 is 6.05. The summed E-state index contributed by atoms with van der Waals surface area (Å²) in [6, 6.07) is 14.4. The van der Waals surface area contributed by atoms with Crippen molar-refractivity contribution in [2.24, 2.45) is 0 Å². The summed E-state index contributed by atoms with van der Waals surface area (Å²) in [6.45, 7) is 2.09. The van der Waals surface area contributed by atoms with Crippen molar-refractivity contribution in [3.05, 3.63) is 59.1 Å². The minimum atomic E-state index is -0.929. The molecule has 1 heterocycles. The first-order chi connectivity index (χ1) is 13.4. The highest BCUT2D eigenvalue weighted by molar-refractivity contribution is 6.32. The third-order valence-corrected chi connectivity index (χ3v) is 5.14. The van der Waals surface area contributed by atoms with Crippen LogP contribution in [0.4, 0.5) is 4.79 Å². The molecule has 2 aromatic carbocycles. The van der Waals surface area contributed by atoms with Crippen LogP contribution in [0.15, 0.2) is 48.5 Å². The average Bonchev–Trinajstić information content (AvgIpc) is 2.91. The van der Waals surface area contributed by atoms with E-state index in [1.807, 2.05) is 30.3 Å². The molecule has 0 bridgehead atoms. The van der Waals surface area contributed by atoms with Gasteiger partial charge in [-0.05, 0) is 49.6 Å². The van der Waals surface area contributed by atoms with E-state index in [0.717, 1.165) is 11.3 Å². The molecular formula is C21H23ClN2O4. The van der Waals surface area contributed by atoms with Crippen LogP contribution in [0, 0.1) is 0 Å². The van der Waals surface area contributed by atoms with Gasteiger partial charge in [0.1, 0.15) is 23.6 Å². The van der Waals surface area contributed by atoms with Crippen LogP contribution < -0.4 is 14.8 Å². The zero-order valence-electron chi connectivity index (χ0n) is 15.9. The van der Waals surface area contributed by atoms with Crippen molar-refractivity contribution >= 4 is 23.5 Å². The number of hydrogen-bond acceptors (Lipinski definition) is 4. The number of carbonyl (C=O) groups is 2. The largest absolute Gasteiger partial charge is 0.497 e. The lowest BCUT2D eigenvalue weighted by Crippen LogP contribution is -2.44. The highest BCUT2D eigenvalue weighted by Gasteiger charge is 2.47. The van der Waals surface area contributed by atoms with Crippen LogP contribution in [-0.2, 0) is 11.2 Å². The number of imide groups is 1. The number of urea groups is 1. The van der Waals surface area contributed by atoms with Crippen LogP contribution in [-0.4, -0.2) is 42.6 Å². The van der Waals surface area contributed by atoms with Crippen molar-refractivity contribution in [1.82, 2.24) is 10.2 Å². The topological polar surface area (TPSA) is 67.9 Å². The Bertz CT molecular complexity index is 856. The monoisotopic (exact) mass is 402 g/mol. The second-order valence-corrected chi connectivity index (χ2v) is 7.25. The number of nitrogens with zero attached hydrogens (tertiary/aromatic N) is 1. The third kappa shape index (κ3) is 4.39. The number of para-hydroxylation sites is 1. The highest BCUT2D eigenvalue weighted by Crippen LogP contribution is 2.25. The van der Waals surface area contributed by atoms with Gasteiger partial charge in [-0.1, -0.05) is 35.9 Å². The van der Waals surface area contributed by atoms with E-state index in [-0.39, 0.29) is 19.1 Å². The van der Waals surface area contributed by atoms with Crippen LogP contribution in [0.3, 0.4) is 0 Å². The average molecular weight is 403 g/mol. The SMILES string of the molecule is COc1ccc(CCC2(C)NC(=O)N(CCOc3ccccc3Cl)C2=O)cc1. The van der Waals surface area contributed by atoms with Gasteiger partial charge in [0, 0.05) is 0 Å². The molecule has 0 saturated carbocycles. The molecule has 1 aliphatic heterocycles. The summed E-state index contributed by atoms with van der Waals surface area (Å²) in [5.74, 6) is 1.07. The number of methoxy groups -OCH3 is 1. The zero-order chi connectivity index (χ0) is 20.1. The number of hydrogen-bond donors (Lipinski definition) is 1. The molecule has 0 radical (unpaired) electrons. The number of amides is 3. The quantitative estimate of drug-likeness (QED) is 0.684. The predicted molar refractivity (Wildman–Crippen MR) is 107 cm³/mol. The number of nitrogens with one attached hydrogen (secondary N) is 1. The van der Waals surface area contributed by atoms with Gasteiger partial charge >= 0.3 is 6.03 Å². The van der Waals surface area contributed by atoms with E-state index in [9.17, 15) is 9.59 Å². The number of aryl methyl sites for hydroxylation is 1. The molecule has 28 heavy (non-hydrogen) atoms. The summed E-state index contributed by atoms with van der Waals surface area (Å²) < 4.78 is 10.7. The fourth-order valence-electron chi connectivity index (χ4n) is 3.11. The van der Waals surface area contributed by atoms with Gasteiger partial charge in [0.05, 0.1) is 18.7 Å². The van der Waals surface area contributed by atoms with E-state index in [1.54, 1.807) is 32.2 Å². The molecule has 1 saturated heterocycles. The molecule has 7 heteroatoms. The van der Waals surface area contributed by atoms with Crippen LogP contribution in [0.25, 0.3) is 0 Å². The first-order valence-corrected chi connectivity index (χ1v) is 9.45. The van der Waals surface area contributed by atoms with Crippen molar-refractivity contribution in [3.63, 3.8) is 0 Å². The third-order valence-electron chi connectivity index (χ3n) is 4.83. The maximum atomic E-state index is 12.8. The molecular weight excluding hydrogens is 380 g/mol. The van der Waals surface area contributed by atoms with Crippen molar-refractivity contribution in [2.45, 2.75) is 25.3 Å². The number of benzene rings is 2. The predicted octanol–water partition coefficient (Wildman–Crippen LogP) is 3.67. The maximum absolute atomic E-state index is 12.8. The van der Waals surface area contributed by atoms with Gasteiger partial charge in [0.15, 0.2) is 0 Å². The fourth-order valence-corrected chi connectivity index (χ4v) is 3.31. The summed E-state index contributed by atoms with van der Waals surface area (Å²) in [5.41, 5.74) is 0.145. The Labute approximate surface area is 169 Å². The van der Waals surface area contributed by atoms with E-state index in [4.69, 9.17) is 21.1 Å². The second kappa shape index (κ2) is 8.52. The Morgan fingerprint density at radius 2 is 1.82 bits per heavy atom. The van der Waals surface area contributed by atoms with E-state index in [0.29, 0.717) is 23.6 Å². The molecule has 6 nitrogen and oxygen atoms in total. The minimum Gasteiger partial charge on any atom is -0.497 e. The van der Waals surface area contributed by atoms with E-state index in [2.05, 4.69) is 5.32 Å². The van der Waals surface area contributed by atoms with Gasteiger partial charge in [-0.3, -0.25) is 9.69 Å². The second-order valence-electron chi connectivity index (χ2n) is 6.85. The molecule has 1 N–H and O–H groups in total. The molecule has 3 amide bonds. The number of carbonyl (C=O) groups excluding carboxylic acids is 2. The fraction of sp³-hybridized carbons (Fsp3) is 0.333. The van der Waals surface area contributed by atoms with Crippen molar-refractivity contribution in [1.29, 1.82) is 0 Å². The minimum absolute atomic E-state index is 0.161. The Hall–Kier alpha value is -2.73. The zero-order valence-corrected chi connectivity index (χ0v) is 16.7. The number of ether oxygens (including phenoxy) is 2. The molecule has 0 aromatic heterocycles. The molecule has 1 aliphatic rings. The Balaban J connectivity index is 1.56. The first-order valence-electron chi connectivity index (χ1n) is 9.07. The molecule has 0 aliphatic carbocycles. The van der Waals surface area contributed by atoms with Crippen molar-refractivity contribution in [3.8, 4) is 11.5 Å². The molecule has 2 aromatic rings. The normalized spacial score (nSPS) is 18.9. The van der Waals surface area contributed by atoms with Gasteiger partial charge in [-0.25, -0.2) is 4.79 Å². The molecule has 1 atom stereocenters. The summed E-state index contributed by atoms with van der Waals surface area (Å²) in [6.07, 6.45) is 1.17. The summed E-state index contributed by atoms with van der Waals surface area (Å²) in [4.78, 5) is 26.3. The van der Waals surface area contributed by atoms with Crippen molar-refractivity contribution in [2.75, 3.05) is 20.3 Å². The van der Waals surface area contributed by atoms with Gasteiger partial charge < -0.3 is 14.8 Å². The van der Waals surface area contributed by atoms with Gasteiger partial charge in [-0.2, -0.15) is 0 Å². The Kier molecular flexibility index (Phi) is 6.09. The van der Waals surface area contributed by atoms with E-state index in [1.165, 1.54) is 4.90 Å². The van der Waals surface area contributed by atoms with Crippen LogP contribution in [0.2, 0.25) is 5.02 Å². The van der Waals surface area contributed by atoms with Crippen LogP contribution in [0.1, 0.15) is 18.9 Å². The van der Waals surface area contributed by atoms with Gasteiger partial charge in [0.25, 0.3) is 5.91 Å². The molecule has 148 valence electrons. The lowest BCUT2D eigenvalue weighted by molar-refractivity contribution is -0.131. The summed E-state index contributed by atoms with van der Waals surface area (Å²) in [7, 11) is 1.62. The van der Waals surface area contributed by atoms with Crippen molar-refractivity contribution < 1.29 is 19.1 Å². The first kappa shape index (κ1) is 20.0. The lowest BCUT2D eigenvalue weighted by Gasteiger charge is -2.21. The van der Waals surface area contributed by atoms with E-state index >= 15 is 0 Å². The van der Waals surface area contributed by atoms with Crippen LogP contribution in [0.5, 0.6) is 11.5 Å². The standard InChI is InChI=1S/C21H23ClN2O4/c1-21(12-11-15-7-9-16(27-2)10-8-15)19(25)24(20(26)23-21)13-14-28-18-6-4-3-5-17(18)22/h3-10H,11-14H2,1-2H3,(H,23,26). The van der Waals surface area contributed by atoms with Crippen LogP contribution >= 0.6 is 11.6 Å². The smallest absolute Gasteiger partial charge is 0.325 e. The lowest BCUT2D eigenvalue weighted by atomic mass is 9.93. The number of rotatable bonds is 8. The Morgan fingerprint density at radius 3 is 2.50 bits per heavy atom. The molecule has 3 rings (SSSR count). The molecule has 1 fully saturated rings. The molecule has 1 unspecified atom stereocenters. The number of halogens is 1. The van der Waals surface area contributed by atoms with Gasteiger partial charge in [-0.15, -0.1) is 0 Å². The van der Waals surface area contributed by atoms with E-state index < -0.39 is 11.6 Å². The Morgan fingerprint density at radius 1 is 1.11 bits per heavy atom.